The smallest absolute Gasteiger partial charge is 0.142 e. The second kappa shape index (κ2) is 4.53. The number of ether oxygens (including phenoxy) is 1. The van der Waals surface area contributed by atoms with E-state index in [0.717, 1.165) is 30.9 Å². The largest absolute Gasteiger partial charge is 0.487 e. The van der Waals surface area contributed by atoms with Crippen LogP contribution in [0.25, 0.3) is 0 Å². The second-order valence-corrected chi connectivity index (χ2v) is 3.99. The van der Waals surface area contributed by atoms with Gasteiger partial charge in [0.15, 0.2) is 0 Å². The van der Waals surface area contributed by atoms with Gasteiger partial charge < -0.3 is 15.4 Å². The van der Waals surface area contributed by atoms with Crippen molar-refractivity contribution in [1.29, 1.82) is 0 Å². The number of rotatable bonds is 3. The minimum Gasteiger partial charge on any atom is -0.487 e. The summed E-state index contributed by atoms with van der Waals surface area (Å²) in [7, 11) is 1.97. The fourth-order valence-electron chi connectivity index (χ4n) is 1.75. The van der Waals surface area contributed by atoms with E-state index in [1.54, 1.807) is 0 Å². The van der Waals surface area contributed by atoms with Gasteiger partial charge in [-0.25, -0.2) is 0 Å². The van der Waals surface area contributed by atoms with Crippen molar-refractivity contribution < 1.29 is 4.74 Å². The maximum Gasteiger partial charge on any atom is 0.142 e. The lowest BCUT2D eigenvalue weighted by Gasteiger charge is -2.25. The van der Waals surface area contributed by atoms with Crippen LogP contribution >= 0.6 is 0 Å². The molecule has 3 heteroatoms. The monoisotopic (exact) mass is 206 g/mol. The van der Waals surface area contributed by atoms with Crippen molar-refractivity contribution in [3.8, 4) is 5.75 Å². The first-order chi connectivity index (χ1) is 7.29. The van der Waals surface area contributed by atoms with Gasteiger partial charge in [0.25, 0.3) is 0 Å². The lowest BCUT2D eigenvalue weighted by Crippen LogP contribution is -2.27. The highest BCUT2D eigenvalue weighted by atomic mass is 16.5. The van der Waals surface area contributed by atoms with Crippen molar-refractivity contribution in [2.75, 3.05) is 25.5 Å². The molecule has 0 saturated heterocycles. The molecule has 1 aliphatic rings. The van der Waals surface area contributed by atoms with E-state index in [1.807, 2.05) is 7.05 Å². The lowest BCUT2D eigenvalue weighted by molar-refractivity contribution is 0.226. The Balaban J connectivity index is 2.12. The zero-order valence-electron chi connectivity index (χ0n) is 9.34. The Morgan fingerprint density at radius 2 is 2.40 bits per heavy atom. The lowest BCUT2D eigenvalue weighted by atomic mass is 10.1. The Hall–Kier alpha value is -1.22. The van der Waals surface area contributed by atoms with Gasteiger partial charge in [0.2, 0.25) is 0 Å². The first-order valence-electron chi connectivity index (χ1n) is 5.47. The number of nitrogens with one attached hydrogen (secondary N) is 2. The minimum atomic E-state index is 0.264. The van der Waals surface area contributed by atoms with Gasteiger partial charge in [0, 0.05) is 0 Å². The van der Waals surface area contributed by atoms with E-state index < -0.39 is 0 Å². The molecule has 2 rings (SSSR count). The van der Waals surface area contributed by atoms with Gasteiger partial charge >= 0.3 is 0 Å². The molecular formula is C12H18N2O. The van der Waals surface area contributed by atoms with Crippen LogP contribution in [0.1, 0.15) is 12.5 Å². The van der Waals surface area contributed by atoms with Gasteiger partial charge in [0.1, 0.15) is 11.9 Å². The molecule has 3 nitrogen and oxygen atoms in total. The van der Waals surface area contributed by atoms with Gasteiger partial charge in [-0.05, 0) is 44.6 Å². The average Bonchev–Trinajstić information content (AvgIpc) is 2.26. The molecule has 0 amide bonds. The van der Waals surface area contributed by atoms with E-state index in [-0.39, 0.29) is 6.10 Å². The number of benzene rings is 1. The van der Waals surface area contributed by atoms with Gasteiger partial charge in [-0.1, -0.05) is 6.07 Å². The molecule has 0 fully saturated rings. The Morgan fingerprint density at radius 1 is 1.53 bits per heavy atom. The van der Waals surface area contributed by atoms with Crippen LogP contribution in [-0.4, -0.2) is 26.2 Å². The van der Waals surface area contributed by atoms with Crippen LogP contribution in [0, 0.1) is 0 Å². The predicted octanol–water partition coefficient (Wildman–Crippen LogP) is 1.64. The van der Waals surface area contributed by atoms with Gasteiger partial charge in [-0.3, -0.25) is 0 Å². The molecular weight excluding hydrogens is 188 g/mol. The normalized spacial score (nSPS) is 18.9. The number of likely N-dealkylation sites (N-methyl/N-ethyl adjacent to an activating group) is 1. The quantitative estimate of drug-likeness (QED) is 0.789. The minimum absolute atomic E-state index is 0.264. The molecule has 1 aliphatic heterocycles. The standard InChI is InChI=1S/C12H18N2O/c1-9-8-14-11-7-10(5-6-13-2)3-4-12(11)15-9/h3-4,7,9,13-14H,5-6,8H2,1-2H3. The van der Waals surface area contributed by atoms with Crippen molar-refractivity contribution >= 4 is 5.69 Å². The Morgan fingerprint density at radius 3 is 3.20 bits per heavy atom. The molecule has 1 atom stereocenters. The Kier molecular flexibility index (Phi) is 3.11. The summed E-state index contributed by atoms with van der Waals surface area (Å²) in [6, 6.07) is 6.37. The van der Waals surface area contributed by atoms with Crippen molar-refractivity contribution in [3.05, 3.63) is 23.8 Å². The summed E-state index contributed by atoms with van der Waals surface area (Å²) in [4.78, 5) is 0. The molecule has 2 N–H and O–H groups in total. The molecule has 0 saturated carbocycles. The molecule has 0 aliphatic carbocycles. The summed E-state index contributed by atoms with van der Waals surface area (Å²) in [6.45, 7) is 3.98. The summed E-state index contributed by atoms with van der Waals surface area (Å²) >= 11 is 0. The Bertz CT molecular complexity index is 338. The summed E-state index contributed by atoms with van der Waals surface area (Å²) in [6.07, 6.45) is 1.32. The van der Waals surface area contributed by atoms with Crippen LogP contribution in [0.15, 0.2) is 18.2 Å². The molecule has 1 aromatic rings. The highest BCUT2D eigenvalue weighted by Crippen LogP contribution is 2.29. The molecule has 0 bridgehead atoms. The van der Waals surface area contributed by atoms with Crippen LogP contribution in [-0.2, 0) is 6.42 Å². The average molecular weight is 206 g/mol. The molecule has 15 heavy (non-hydrogen) atoms. The second-order valence-electron chi connectivity index (χ2n) is 3.99. The topological polar surface area (TPSA) is 33.3 Å². The van der Waals surface area contributed by atoms with Crippen molar-refractivity contribution in [2.45, 2.75) is 19.4 Å². The van der Waals surface area contributed by atoms with Crippen molar-refractivity contribution in [3.63, 3.8) is 0 Å². The van der Waals surface area contributed by atoms with E-state index in [1.165, 1.54) is 5.56 Å². The van der Waals surface area contributed by atoms with E-state index in [0.29, 0.717) is 0 Å². The van der Waals surface area contributed by atoms with Gasteiger partial charge in [-0.15, -0.1) is 0 Å². The number of hydrogen-bond acceptors (Lipinski definition) is 3. The van der Waals surface area contributed by atoms with Crippen molar-refractivity contribution in [2.24, 2.45) is 0 Å². The summed E-state index contributed by atoms with van der Waals surface area (Å²) in [5, 5.41) is 6.54. The molecule has 1 unspecified atom stereocenters. The predicted molar refractivity (Wildman–Crippen MR) is 62.7 cm³/mol. The maximum atomic E-state index is 5.71. The zero-order valence-corrected chi connectivity index (χ0v) is 9.34. The fourth-order valence-corrected chi connectivity index (χ4v) is 1.75. The first-order valence-corrected chi connectivity index (χ1v) is 5.47. The zero-order chi connectivity index (χ0) is 10.7. The van der Waals surface area contributed by atoms with Crippen LogP contribution in [0.2, 0.25) is 0 Å². The third kappa shape index (κ3) is 2.42. The van der Waals surface area contributed by atoms with Crippen LogP contribution in [0.5, 0.6) is 5.75 Å². The molecule has 1 heterocycles. The molecule has 82 valence electrons. The number of anilines is 1. The van der Waals surface area contributed by atoms with Crippen LogP contribution in [0.3, 0.4) is 0 Å². The van der Waals surface area contributed by atoms with E-state index >= 15 is 0 Å². The molecule has 0 radical (unpaired) electrons. The maximum absolute atomic E-state index is 5.71. The van der Waals surface area contributed by atoms with E-state index in [2.05, 4.69) is 35.8 Å². The third-order valence-electron chi connectivity index (χ3n) is 2.62. The Labute approximate surface area is 90.8 Å². The third-order valence-corrected chi connectivity index (χ3v) is 2.62. The fraction of sp³-hybridized carbons (Fsp3) is 0.500. The van der Waals surface area contributed by atoms with E-state index in [9.17, 15) is 0 Å². The summed E-state index contributed by atoms with van der Waals surface area (Å²) in [5.74, 6) is 0.974. The van der Waals surface area contributed by atoms with Crippen LogP contribution < -0.4 is 15.4 Å². The first kappa shape index (κ1) is 10.3. The number of fused-ring (bicyclic) bond motifs is 1. The highest BCUT2D eigenvalue weighted by Gasteiger charge is 2.14. The SMILES string of the molecule is CNCCc1ccc2c(c1)NCC(C)O2. The number of hydrogen-bond donors (Lipinski definition) is 2. The van der Waals surface area contributed by atoms with Crippen LogP contribution in [0.4, 0.5) is 5.69 Å². The summed E-state index contributed by atoms with van der Waals surface area (Å²) < 4.78 is 5.71. The highest BCUT2D eigenvalue weighted by molar-refractivity contribution is 5.59. The van der Waals surface area contributed by atoms with Gasteiger partial charge in [0.05, 0.1) is 12.2 Å². The summed E-state index contributed by atoms with van der Waals surface area (Å²) in [5.41, 5.74) is 2.47. The molecule has 1 aromatic carbocycles. The molecule has 0 spiro atoms. The van der Waals surface area contributed by atoms with E-state index in [4.69, 9.17) is 4.74 Å². The molecule has 0 aromatic heterocycles. The van der Waals surface area contributed by atoms with Crippen molar-refractivity contribution in [1.82, 2.24) is 5.32 Å². The van der Waals surface area contributed by atoms with Gasteiger partial charge in [-0.2, -0.15) is 0 Å².